The van der Waals surface area contributed by atoms with Crippen molar-refractivity contribution in [2.24, 2.45) is 17.8 Å². The molecule has 120 valence electrons. The second kappa shape index (κ2) is 5.17. The van der Waals surface area contributed by atoms with Crippen LogP contribution in [0.1, 0.15) is 44.4 Å². The number of hydrogen-bond donors (Lipinski definition) is 1. The Hall–Kier alpha value is -1.68. The van der Waals surface area contributed by atoms with E-state index in [2.05, 4.69) is 15.5 Å². The normalized spacial score (nSPS) is 34.9. The highest BCUT2D eigenvalue weighted by atomic mass is 16.5. The molecule has 2 aromatic rings. The third kappa shape index (κ3) is 2.49. The minimum absolute atomic E-state index is 0.343. The average Bonchev–Trinajstić information content (AvgIpc) is 3.02. The first kappa shape index (κ1) is 13.7. The Bertz CT molecular complexity index is 658. The largest absolute Gasteiger partial charge is 0.338 e. The molecule has 4 saturated carbocycles. The summed E-state index contributed by atoms with van der Waals surface area (Å²) in [5.41, 5.74) is 1.35. The van der Waals surface area contributed by atoms with Crippen LogP contribution in [0.5, 0.6) is 0 Å². The van der Waals surface area contributed by atoms with Crippen LogP contribution >= 0.6 is 0 Å². The molecule has 0 saturated heterocycles. The first-order valence-corrected chi connectivity index (χ1v) is 8.91. The number of nitrogens with one attached hydrogen (secondary N) is 1. The Morgan fingerprint density at radius 1 is 1.00 bits per heavy atom. The molecule has 0 amide bonds. The minimum Gasteiger partial charge on any atom is -0.338 e. The third-order valence-electron chi connectivity index (χ3n) is 6.15. The van der Waals surface area contributed by atoms with Gasteiger partial charge in [0.2, 0.25) is 11.7 Å². The highest BCUT2D eigenvalue weighted by molar-refractivity contribution is 5.53. The van der Waals surface area contributed by atoms with Crippen molar-refractivity contribution >= 4 is 0 Å². The van der Waals surface area contributed by atoms with Gasteiger partial charge in [-0.05, 0) is 56.3 Å². The lowest BCUT2D eigenvalue weighted by molar-refractivity contribution is -0.0217. The average molecular weight is 309 g/mol. The Morgan fingerprint density at radius 3 is 2.30 bits per heavy atom. The van der Waals surface area contributed by atoms with Crippen molar-refractivity contribution in [2.45, 2.75) is 50.6 Å². The van der Waals surface area contributed by atoms with Gasteiger partial charge in [-0.25, -0.2) is 0 Å². The lowest BCUT2D eigenvalue weighted by atomic mass is 9.53. The Labute approximate surface area is 136 Å². The third-order valence-corrected chi connectivity index (χ3v) is 6.15. The van der Waals surface area contributed by atoms with Crippen LogP contribution in [0, 0.1) is 17.8 Å². The maximum Gasteiger partial charge on any atom is 0.240 e. The van der Waals surface area contributed by atoms with Crippen LogP contribution in [-0.4, -0.2) is 15.7 Å². The molecule has 4 nitrogen and oxygen atoms in total. The second-order valence-electron chi connectivity index (χ2n) is 7.93. The van der Waals surface area contributed by atoms with Gasteiger partial charge in [-0.1, -0.05) is 35.5 Å². The van der Waals surface area contributed by atoms with E-state index in [-0.39, 0.29) is 0 Å². The summed E-state index contributed by atoms with van der Waals surface area (Å²) in [5, 5.41) is 7.94. The van der Waals surface area contributed by atoms with Gasteiger partial charge >= 0.3 is 0 Å². The summed E-state index contributed by atoms with van der Waals surface area (Å²) in [6.07, 6.45) is 8.45. The monoisotopic (exact) mass is 309 g/mol. The first-order valence-electron chi connectivity index (χ1n) is 8.91. The van der Waals surface area contributed by atoms with Crippen molar-refractivity contribution in [3.63, 3.8) is 0 Å². The SMILES string of the molecule is c1ccc(-c2noc(CNC34CC5CC(CC(C5)C3)C4)n2)cc1. The van der Waals surface area contributed by atoms with Gasteiger partial charge in [0.25, 0.3) is 0 Å². The fourth-order valence-electron chi connectivity index (χ4n) is 5.62. The van der Waals surface area contributed by atoms with Crippen LogP contribution in [0.4, 0.5) is 0 Å². The zero-order valence-corrected chi connectivity index (χ0v) is 13.4. The quantitative estimate of drug-likeness (QED) is 0.933. The van der Waals surface area contributed by atoms with Crippen LogP contribution in [0.25, 0.3) is 11.4 Å². The first-order chi connectivity index (χ1) is 11.3. The van der Waals surface area contributed by atoms with Crippen molar-refractivity contribution in [2.75, 3.05) is 0 Å². The predicted octanol–water partition coefficient (Wildman–Crippen LogP) is 3.80. The molecule has 0 unspecified atom stereocenters. The highest BCUT2D eigenvalue weighted by Crippen LogP contribution is 2.55. The zero-order chi connectivity index (χ0) is 15.3. The molecule has 0 radical (unpaired) electrons. The summed E-state index contributed by atoms with van der Waals surface area (Å²) < 4.78 is 5.46. The summed E-state index contributed by atoms with van der Waals surface area (Å²) in [7, 11) is 0. The van der Waals surface area contributed by atoms with Gasteiger partial charge in [0.1, 0.15) is 0 Å². The van der Waals surface area contributed by atoms with E-state index in [4.69, 9.17) is 4.52 Å². The number of rotatable bonds is 4. The Kier molecular flexibility index (Phi) is 3.08. The van der Waals surface area contributed by atoms with Gasteiger partial charge in [0.15, 0.2) is 0 Å². The van der Waals surface area contributed by atoms with Gasteiger partial charge in [-0.3, -0.25) is 0 Å². The molecule has 0 aliphatic heterocycles. The molecule has 1 N–H and O–H groups in total. The fraction of sp³-hybridized carbons (Fsp3) is 0.579. The number of hydrogen-bond acceptors (Lipinski definition) is 4. The molecule has 23 heavy (non-hydrogen) atoms. The molecule has 6 rings (SSSR count). The molecule has 4 aliphatic rings. The number of nitrogens with zero attached hydrogens (tertiary/aromatic N) is 2. The van der Waals surface area contributed by atoms with E-state index in [1.54, 1.807) is 0 Å². The predicted molar refractivity (Wildman–Crippen MR) is 87.5 cm³/mol. The van der Waals surface area contributed by atoms with E-state index in [1.807, 2.05) is 30.3 Å². The Morgan fingerprint density at radius 2 is 1.65 bits per heavy atom. The minimum atomic E-state index is 0.343. The molecule has 4 aliphatic carbocycles. The van der Waals surface area contributed by atoms with Crippen molar-refractivity contribution in [1.29, 1.82) is 0 Å². The van der Waals surface area contributed by atoms with Gasteiger partial charge in [-0.15, -0.1) is 0 Å². The maximum absolute atomic E-state index is 5.46. The molecule has 0 atom stereocenters. The van der Waals surface area contributed by atoms with E-state index in [1.165, 1.54) is 38.5 Å². The van der Waals surface area contributed by atoms with E-state index in [0.29, 0.717) is 23.8 Å². The van der Waals surface area contributed by atoms with E-state index in [9.17, 15) is 0 Å². The zero-order valence-electron chi connectivity index (χ0n) is 13.4. The molecule has 1 aromatic heterocycles. The standard InChI is InChI=1S/C19H23N3O/c1-2-4-16(5-3-1)18-21-17(23-22-18)12-20-19-9-13-6-14(10-19)8-15(7-13)11-19/h1-5,13-15,20H,6-12H2. The summed E-state index contributed by atoms with van der Waals surface area (Å²) in [5.74, 6) is 4.26. The van der Waals surface area contributed by atoms with Gasteiger partial charge in [-0.2, -0.15) is 4.98 Å². The molecule has 4 bridgehead atoms. The van der Waals surface area contributed by atoms with Gasteiger partial charge in [0, 0.05) is 11.1 Å². The summed E-state index contributed by atoms with van der Waals surface area (Å²) in [6, 6.07) is 10.0. The van der Waals surface area contributed by atoms with Crippen LogP contribution in [0.3, 0.4) is 0 Å². The van der Waals surface area contributed by atoms with Crippen molar-refractivity contribution < 1.29 is 4.52 Å². The van der Waals surface area contributed by atoms with Crippen molar-refractivity contribution in [1.82, 2.24) is 15.5 Å². The number of benzene rings is 1. The van der Waals surface area contributed by atoms with E-state index < -0.39 is 0 Å². The van der Waals surface area contributed by atoms with Crippen LogP contribution in [-0.2, 0) is 6.54 Å². The maximum atomic E-state index is 5.46. The summed E-state index contributed by atoms with van der Waals surface area (Å²) >= 11 is 0. The molecular formula is C19H23N3O. The van der Waals surface area contributed by atoms with Gasteiger partial charge < -0.3 is 9.84 Å². The number of aromatic nitrogens is 2. The van der Waals surface area contributed by atoms with Crippen molar-refractivity contribution in [3.05, 3.63) is 36.2 Å². The molecule has 1 heterocycles. The molecule has 4 heteroatoms. The van der Waals surface area contributed by atoms with Crippen molar-refractivity contribution in [3.8, 4) is 11.4 Å². The van der Waals surface area contributed by atoms with Gasteiger partial charge in [0.05, 0.1) is 6.54 Å². The smallest absolute Gasteiger partial charge is 0.240 e. The van der Waals surface area contributed by atoms with Crippen LogP contribution < -0.4 is 5.32 Å². The second-order valence-corrected chi connectivity index (χ2v) is 7.93. The summed E-state index contributed by atoms with van der Waals surface area (Å²) in [4.78, 5) is 4.56. The molecule has 0 spiro atoms. The van der Waals surface area contributed by atoms with Crippen LogP contribution in [0.15, 0.2) is 34.9 Å². The topological polar surface area (TPSA) is 51.0 Å². The molecular weight excluding hydrogens is 286 g/mol. The van der Waals surface area contributed by atoms with E-state index >= 15 is 0 Å². The Balaban J connectivity index is 1.29. The molecule has 4 fully saturated rings. The fourth-order valence-corrected chi connectivity index (χ4v) is 5.62. The highest BCUT2D eigenvalue weighted by Gasteiger charge is 2.50. The van der Waals surface area contributed by atoms with Crippen LogP contribution in [0.2, 0.25) is 0 Å². The van der Waals surface area contributed by atoms with E-state index in [0.717, 1.165) is 23.3 Å². The summed E-state index contributed by atoms with van der Waals surface area (Å²) in [6.45, 7) is 0.700. The lowest BCUT2D eigenvalue weighted by Crippen LogP contribution is -2.58. The molecule has 1 aromatic carbocycles. The lowest BCUT2D eigenvalue weighted by Gasteiger charge is -2.57.